The molecule has 33 heavy (non-hydrogen) atoms. The maximum absolute atomic E-state index is 12.8. The minimum absolute atomic E-state index is 0.0156. The summed E-state index contributed by atoms with van der Waals surface area (Å²) in [5.74, 6) is 1.72. The van der Waals surface area contributed by atoms with E-state index in [1.807, 2.05) is 29.2 Å². The third-order valence-electron chi connectivity index (χ3n) is 5.94. The molecule has 2 aromatic carbocycles. The van der Waals surface area contributed by atoms with Crippen molar-refractivity contribution < 1.29 is 4.79 Å². The molecule has 0 radical (unpaired) electrons. The lowest BCUT2D eigenvalue weighted by molar-refractivity contribution is 0.0746. The lowest BCUT2D eigenvalue weighted by Crippen LogP contribution is -2.49. The smallest absolute Gasteiger partial charge is 0.255 e. The minimum atomic E-state index is 0.0156. The first-order chi connectivity index (χ1) is 16.2. The second-order valence-corrected chi connectivity index (χ2v) is 8.57. The van der Waals surface area contributed by atoms with E-state index in [-0.39, 0.29) is 5.91 Å². The Labute approximate surface area is 197 Å². The molecular weight excluding hydrogens is 434 g/mol. The third kappa shape index (κ3) is 4.81. The van der Waals surface area contributed by atoms with Gasteiger partial charge in [0.2, 0.25) is 0 Å². The van der Waals surface area contributed by atoms with Gasteiger partial charge in [-0.2, -0.15) is 0 Å². The molecule has 5 rings (SSSR count). The molecule has 166 valence electrons. The molecule has 2 aromatic heterocycles. The zero-order valence-electron chi connectivity index (χ0n) is 18.2. The Hall–Kier alpha value is -3.51. The van der Waals surface area contributed by atoms with E-state index in [1.165, 1.54) is 5.56 Å². The van der Waals surface area contributed by atoms with Crippen LogP contribution in [0.1, 0.15) is 21.7 Å². The molecule has 3 heterocycles. The van der Waals surface area contributed by atoms with Gasteiger partial charge in [0.1, 0.15) is 11.6 Å². The molecule has 4 aromatic rings. The fourth-order valence-electron chi connectivity index (χ4n) is 4.18. The number of nitrogens with zero attached hydrogens (tertiary/aromatic N) is 5. The molecule has 1 saturated heterocycles. The quantitative estimate of drug-likeness (QED) is 0.443. The van der Waals surface area contributed by atoms with Crippen molar-refractivity contribution in [3.8, 4) is 0 Å². The highest BCUT2D eigenvalue weighted by Gasteiger charge is 2.24. The number of anilines is 1. The molecule has 1 amide bonds. The monoisotopic (exact) mass is 457 g/mol. The van der Waals surface area contributed by atoms with Crippen molar-refractivity contribution in [3.05, 3.63) is 95.0 Å². The van der Waals surface area contributed by atoms with Crippen molar-refractivity contribution >= 4 is 34.2 Å². The molecule has 1 aliphatic heterocycles. The average molecular weight is 458 g/mol. The summed E-state index contributed by atoms with van der Waals surface area (Å²) in [4.78, 5) is 30.7. The predicted molar refractivity (Wildman–Crippen MR) is 131 cm³/mol. The van der Waals surface area contributed by atoms with Gasteiger partial charge in [0.15, 0.2) is 0 Å². The number of piperazine rings is 1. The number of rotatable bonds is 5. The zero-order chi connectivity index (χ0) is 22.6. The van der Waals surface area contributed by atoms with Gasteiger partial charge in [0, 0.05) is 55.4 Å². The van der Waals surface area contributed by atoms with Crippen LogP contribution in [0.15, 0.2) is 73.1 Å². The van der Waals surface area contributed by atoms with E-state index in [2.05, 4.69) is 34.1 Å². The summed E-state index contributed by atoms with van der Waals surface area (Å²) < 4.78 is 0. The zero-order valence-corrected chi connectivity index (χ0v) is 18.9. The van der Waals surface area contributed by atoms with Crippen molar-refractivity contribution in [2.45, 2.75) is 12.8 Å². The lowest BCUT2D eigenvalue weighted by Gasteiger charge is -2.36. The van der Waals surface area contributed by atoms with Gasteiger partial charge in [-0.1, -0.05) is 41.9 Å². The normalized spacial score (nSPS) is 14.0. The van der Waals surface area contributed by atoms with Crippen LogP contribution < -0.4 is 4.90 Å². The number of benzene rings is 2. The molecule has 0 aliphatic carbocycles. The van der Waals surface area contributed by atoms with Crippen LogP contribution in [0.4, 0.5) is 5.82 Å². The van der Waals surface area contributed by atoms with E-state index >= 15 is 0 Å². The van der Waals surface area contributed by atoms with E-state index in [9.17, 15) is 4.79 Å². The molecule has 1 fully saturated rings. The number of hydrogen-bond donors (Lipinski definition) is 0. The number of pyridine rings is 1. The van der Waals surface area contributed by atoms with Gasteiger partial charge in [-0.3, -0.25) is 9.78 Å². The van der Waals surface area contributed by atoms with E-state index in [0.717, 1.165) is 35.4 Å². The number of aromatic nitrogens is 3. The lowest BCUT2D eigenvalue weighted by atomic mass is 10.1. The number of halogens is 1. The summed E-state index contributed by atoms with van der Waals surface area (Å²) in [6, 6.07) is 19.7. The first kappa shape index (κ1) is 21.3. The van der Waals surface area contributed by atoms with Crippen molar-refractivity contribution in [1.82, 2.24) is 19.9 Å². The fourth-order valence-corrected chi connectivity index (χ4v) is 4.35. The second kappa shape index (κ2) is 9.55. The highest BCUT2D eigenvalue weighted by atomic mass is 35.5. The topological polar surface area (TPSA) is 62.2 Å². The SMILES string of the molecule is O=C(c1cccnc1)N1CCN(c2nc(CCc3ccccc3)nc3ccc(Cl)cc23)CC1. The van der Waals surface area contributed by atoms with Crippen LogP contribution in [-0.4, -0.2) is 51.9 Å². The van der Waals surface area contributed by atoms with Crippen LogP contribution in [0.3, 0.4) is 0 Å². The molecular formula is C26H24ClN5O. The maximum Gasteiger partial charge on any atom is 0.255 e. The van der Waals surface area contributed by atoms with Gasteiger partial charge in [-0.25, -0.2) is 9.97 Å². The van der Waals surface area contributed by atoms with Crippen LogP contribution >= 0.6 is 11.6 Å². The fraction of sp³-hybridized carbons (Fsp3) is 0.231. The van der Waals surface area contributed by atoms with E-state index in [0.29, 0.717) is 36.8 Å². The van der Waals surface area contributed by atoms with E-state index < -0.39 is 0 Å². The van der Waals surface area contributed by atoms with Crippen molar-refractivity contribution in [1.29, 1.82) is 0 Å². The van der Waals surface area contributed by atoms with Crippen molar-refractivity contribution in [2.75, 3.05) is 31.1 Å². The molecule has 6 nitrogen and oxygen atoms in total. The van der Waals surface area contributed by atoms with Gasteiger partial charge in [0.05, 0.1) is 11.1 Å². The highest BCUT2D eigenvalue weighted by molar-refractivity contribution is 6.31. The minimum Gasteiger partial charge on any atom is -0.352 e. The van der Waals surface area contributed by atoms with E-state index in [1.54, 1.807) is 24.5 Å². The van der Waals surface area contributed by atoms with Gasteiger partial charge in [0.25, 0.3) is 5.91 Å². The summed E-state index contributed by atoms with van der Waals surface area (Å²) in [6.07, 6.45) is 4.94. The molecule has 1 aliphatic rings. The summed E-state index contributed by atoms with van der Waals surface area (Å²) in [6.45, 7) is 2.64. The first-order valence-electron chi connectivity index (χ1n) is 11.1. The maximum atomic E-state index is 12.8. The van der Waals surface area contributed by atoms with Gasteiger partial charge >= 0.3 is 0 Å². The van der Waals surface area contributed by atoms with Crippen molar-refractivity contribution in [2.24, 2.45) is 0 Å². The van der Waals surface area contributed by atoms with Crippen molar-refractivity contribution in [3.63, 3.8) is 0 Å². The molecule has 0 N–H and O–H groups in total. The number of fused-ring (bicyclic) bond motifs is 1. The summed E-state index contributed by atoms with van der Waals surface area (Å²) in [5.41, 5.74) is 2.77. The standard InChI is InChI=1S/C26H24ClN5O/c27-21-9-10-23-22(17-21)25(30-24(29-23)11-8-19-5-2-1-3-6-19)31-13-15-32(16-14-31)26(33)20-7-4-12-28-18-20/h1-7,9-10,12,17-18H,8,11,13-16H2. The molecule has 0 unspecified atom stereocenters. The van der Waals surface area contributed by atoms with Gasteiger partial charge < -0.3 is 9.80 Å². The average Bonchev–Trinajstić information content (AvgIpc) is 2.88. The Morgan fingerprint density at radius 2 is 1.73 bits per heavy atom. The Bertz CT molecular complexity index is 1260. The Kier molecular flexibility index (Phi) is 6.17. The number of carbonyl (C=O) groups excluding carboxylic acids is 1. The number of carbonyl (C=O) groups is 1. The van der Waals surface area contributed by atoms with Crippen LogP contribution in [0.2, 0.25) is 5.02 Å². The summed E-state index contributed by atoms with van der Waals surface area (Å²) in [5, 5.41) is 1.60. The van der Waals surface area contributed by atoms with Crippen LogP contribution in [-0.2, 0) is 12.8 Å². The molecule has 0 bridgehead atoms. The van der Waals surface area contributed by atoms with Gasteiger partial charge in [-0.05, 0) is 42.3 Å². The van der Waals surface area contributed by atoms with Crippen LogP contribution in [0.25, 0.3) is 10.9 Å². The molecule has 0 atom stereocenters. The Morgan fingerprint density at radius 1 is 0.909 bits per heavy atom. The Morgan fingerprint density at radius 3 is 2.48 bits per heavy atom. The molecule has 7 heteroatoms. The predicted octanol–water partition coefficient (Wildman–Crippen LogP) is 4.43. The third-order valence-corrected chi connectivity index (χ3v) is 6.17. The molecule has 0 spiro atoms. The van der Waals surface area contributed by atoms with Crippen LogP contribution in [0, 0.1) is 0 Å². The van der Waals surface area contributed by atoms with Crippen LogP contribution in [0.5, 0.6) is 0 Å². The number of hydrogen-bond acceptors (Lipinski definition) is 5. The number of aryl methyl sites for hydroxylation is 2. The Balaban J connectivity index is 1.37. The van der Waals surface area contributed by atoms with Gasteiger partial charge in [-0.15, -0.1) is 0 Å². The first-order valence-corrected chi connectivity index (χ1v) is 11.5. The summed E-state index contributed by atoms with van der Waals surface area (Å²) in [7, 11) is 0. The number of amides is 1. The highest BCUT2D eigenvalue weighted by Crippen LogP contribution is 2.28. The molecule has 0 saturated carbocycles. The van der Waals surface area contributed by atoms with E-state index in [4.69, 9.17) is 21.6 Å². The second-order valence-electron chi connectivity index (χ2n) is 8.13. The summed E-state index contributed by atoms with van der Waals surface area (Å²) >= 11 is 6.31. The largest absolute Gasteiger partial charge is 0.352 e.